The van der Waals surface area contributed by atoms with Gasteiger partial charge in [0.05, 0.1) is 5.92 Å². The lowest BCUT2D eigenvalue weighted by atomic mass is 9.86. The lowest BCUT2D eigenvalue weighted by Crippen LogP contribution is -2.54. The number of likely N-dealkylation sites (tertiary alicyclic amines) is 2. The summed E-state index contributed by atoms with van der Waals surface area (Å²) < 4.78 is 0. The zero-order valence-corrected chi connectivity index (χ0v) is 18.4. The molecule has 0 spiro atoms. The SMILES string of the molecule is CCC1CC(N2CCCC(C(=O)O)C2)CCN1C(=O)c1ccc(C(C)(C)C)cc1. The van der Waals surface area contributed by atoms with E-state index in [1.165, 1.54) is 5.56 Å². The van der Waals surface area contributed by atoms with Crippen LogP contribution in [0.5, 0.6) is 0 Å². The average molecular weight is 401 g/mol. The van der Waals surface area contributed by atoms with Gasteiger partial charge in [-0.1, -0.05) is 39.8 Å². The lowest BCUT2D eigenvalue weighted by molar-refractivity contribution is -0.144. The Morgan fingerprint density at radius 2 is 1.79 bits per heavy atom. The molecule has 160 valence electrons. The van der Waals surface area contributed by atoms with Crippen LogP contribution in [0.25, 0.3) is 0 Å². The van der Waals surface area contributed by atoms with Gasteiger partial charge in [0.25, 0.3) is 5.91 Å². The molecule has 0 radical (unpaired) electrons. The second kappa shape index (κ2) is 8.86. The largest absolute Gasteiger partial charge is 0.481 e. The van der Waals surface area contributed by atoms with Crippen LogP contribution in [0.3, 0.4) is 0 Å². The fourth-order valence-electron chi connectivity index (χ4n) is 4.83. The Labute approximate surface area is 175 Å². The van der Waals surface area contributed by atoms with Gasteiger partial charge in [-0.25, -0.2) is 0 Å². The van der Waals surface area contributed by atoms with Gasteiger partial charge in [-0.15, -0.1) is 0 Å². The summed E-state index contributed by atoms with van der Waals surface area (Å²) in [6.07, 6.45) is 4.53. The van der Waals surface area contributed by atoms with Gasteiger partial charge in [-0.3, -0.25) is 14.5 Å². The van der Waals surface area contributed by atoms with Crippen LogP contribution in [0.2, 0.25) is 0 Å². The maximum Gasteiger partial charge on any atom is 0.307 e. The van der Waals surface area contributed by atoms with E-state index in [0.29, 0.717) is 12.6 Å². The summed E-state index contributed by atoms with van der Waals surface area (Å²) in [6, 6.07) is 8.66. The first kappa shape index (κ1) is 21.8. The molecular weight excluding hydrogens is 364 g/mol. The quantitative estimate of drug-likeness (QED) is 0.824. The fraction of sp³-hybridized carbons (Fsp3) is 0.667. The van der Waals surface area contributed by atoms with Crippen molar-refractivity contribution in [3.63, 3.8) is 0 Å². The number of nitrogens with zero attached hydrogens (tertiary/aromatic N) is 2. The molecule has 0 saturated carbocycles. The molecule has 3 atom stereocenters. The number of hydrogen-bond donors (Lipinski definition) is 1. The number of carbonyl (C=O) groups is 2. The number of amides is 1. The number of hydrogen-bond acceptors (Lipinski definition) is 3. The fourth-order valence-corrected chi connectivity index (χ4v) is 4.83. The first-order chi connectivity index (χ1) is 13.7. The molecule has 5 heteroatoms. The van der Waals surface area contributed by atoms with Crippen molar-refractivity contribution in [2.45, 2.75) is 77.3 Å². The summed E-state index contributed by atoms with van der Waals surface area (Å²) in [5.41, 5.74) is 2.07. The molecule has 2 aliphatic heterocycles. The van der Waals surface area contributed by atoms with Crippen molar-refractivity contribution >= 4 is 11.9 Å². The Morgan fingerprint density at radius 3 is 2.38 bits per heavy atom. The van der Waals surface area contributed by atoms with Crippen LogP contribution in [-0.4, -0.2) is 58.5 Å². The molecule has 5 nitrogen and oxygen atoms in total. The van der Waals surface area contributed by atoms with Crippen LogP contribution >= 0.6 is 0 Å². The van der Waals surface area contributed by atoms with Crippen molar-refractivity contribution in [3.8, 4) is 0 Å². The first-order valence-corrected chi connectivity index (χ1v) is 11.1. The molecule has 3 rings (SSSR count). The average Bonchev–Trinajstić information content (AvgIpc) is 2.72. The molecule has 2 heterocycles. The van der Waals surface area contributed by atoms with Gasteiger partial charge in [-0.2, -0.15) is 0 Å². The van der Waals surface area contributed by atoms with Crippen LogP contribution in [-0.2, 0) is 10.2 Å². The number of carbonyl (C=O) groups excluding carboxylic acids is 1. The van der Waals surface area contributed by atoms with Gasteiger partial charge in [0.15, 0.2) is 0 Å². The Kier molecular flexibility index (Phi) is 6.67. The molecule has 3 unspecified atom stereocenters. The monoisotopic (exact) mass is 400 g/mol. The first-order valence-electron chi connectivity index (χ1n) is 11.1. The van der Waals surface area contributed by atoms with Gasteiger partial charge < -0.3 is 10.0 Å². The van der Waals surface area contributed by atoms with E-state index in [1.807, 2.05) is 17.0 Å². The molecular formula is C24H36N2O3. The van der Waals surface area contributed by atoms with Crippen LogP contribution in [0.15, 0.2) is 24.3 Å². The van der Waals surface area contributed by atoms with Crippen molar-refractivity contribution in [2.24, 2.45) is 5.92 Å². The Hall–Kier alpha value is -1.88. The van der Waals surface area contributed by atoms with Gasteiger partial charge in [0.1, 0.15) is 0 Å². The molecule has 2 saturated heterocycles. The van der Waals surface area contributed by atoms with Crippen LogP contribution in [0.1, 0.15) is 75.7 Å². The molecule has 29 heavy (non-hydrogen) atoms. The van der Waals surface area contributed by atoms with Crippen LogP contribution in [0, 0.1) is 5.92 Å². The lowest BCUT2D eigenvalue weighted by Gasteiger charge is -2.45. The van der Waals surface area contributed by atoms with Gasteiger partial charge in [0.2, 0.25) is 0 Å². The second-order valence-electron chi connectivity index (χ2n) is 9.74. The Balaban J connectivity index is 1.66. The summed E-state index contributed by atoms with van der Waals surface area (Å²) in [5, 5.41) is 9.38. The van der Waals surface area contributed by atoms with E-state index in [2.05, 4.69) is 44.7 Å². The molecule has 1 aromatic carbocycles. The van der Waals surface area contributed by atoms with Gasteiger partial charge >= 0.3 is 5.97 Å². The zero-order chi connectivity index (χ0) is 21.2. The maximum absolute atomic E-state index is 13.2. The topological polar surface area (TPSA) is 60.9 Å². The van der Waals surface area contributed by atoms with Crippen molar-refractivity contribution in [3.05, 3.63) is 35.4 Å². The van der Waals surface area contributed by atoms with Crippen molar-refractivity contribution < 1.29 is 14.7 Å². The molecule has 1 aromatic rings. The van der Waals surface area contributed by atoms with Crippen molar-refractivity contribution in [1.29, 1.82) is 0 Å². The third kappa shape index (κ3) is 5.00. The van der Waals surface area contributed by atoms with Crippen molar-refractivity contribution in [1.82, 2.24) is 9.80 Å². The second-order valence-corrected chi connectivity index (χ2v) is 9.74. The minimum Gasteiger partial charge on any atom is -0.481 e. The highest BCUT2D eigenvalue weighted by molar-refractivity contribution is 5.94. The number of rotatable bonds is 4. The van der Waals surface area contributed by atoms with Gasteiger partial charge in [-0.05, 0) is 61.8 Å². The smallest absolute Gasteiger partial charge is 0.307 e. The maximum atomic E-state index is 13.2. The number of benzene rings is 1. The molecule has 2 fully saturated rings. The van der Waals surface area contributed by atoms with E-state index in [9.17, 15) is 14.7 Å². The molecule has 0 bridgehead atoms. The third-order valence-corrected chi connectivity index (χ3v) is 6.74. The highest BCUT2D eigenvalue weighted by atomic mass is 16.4. The Morgan fingerprint density at radius 1 is 1.10 bits per heavy atom. The van der Waals surface area contributed by atoms with E-state index >= 15 is 0 Å². The molecule has 2 aliphatic rings. The van der Waals surface area contributed by atoms with Crippen LogP contribution in [0.4, 0.5) is 0 Å². The highest BCUT2D eigenvalue weighted by Crippen LogP contribution is 2.29. The van der Waals surface area contributed by atoms with E-state index in [1.54, 1.807) is 0 Å². The predicted octanol–water partition coefficient (Wildman–Crippen LogP) is 4.16. The number of carboxylic acid groups (broad SMARTS) is 1. The van der Waals surface area contributed by atoms with E-state index in [-0.39, 0.29) is 23.3 Å². The summed E-state index contributed by atoms with van der Waals surface area (Å²) in [7, 11) is 0. The van der Waals surface area contributed by atoms with E-state index in [0.717, 1.165) is 50.8 Å². The summed E-state index contributed by atoms with van der Waals surface area (Å²) in [6.45, 7) is 11.1. The number of carboxylic acids is 1. The summed E-state index contributed by atoms with van der Waals surface area (Å²) >= 11 is 0. The normalized spacial score (nSPS) is 26.3. The predicted molar refractivity (Wildman–Crippen MR) is 115 cm³/mol. The molecule has 1 amide bonds. The molecule has 0 aliphatic carbocycles. The third-order valence-electron chi connectivity index (χ3n) is 6.74. The van der Waals surface area contributed by atoms with Crippen LogP contribution < -0.4 is 0 Å². The molecule has 1 N–H and O–H groups in total. The summed E-state index contributed by atoms with van der Waals surface area (Å²) in [5.74, 6) is -0.796. The molecule has 0 aromatic heterocycles. The van der Waals surface area contributed by atoms with Crippen molar-refractivity contribution in [2.75, 3.05) is 19.6 Å². The highest BCUT2D eigenvalue weighted by Gasteiger charge is 2.36. The van der Waals surface area contributed by atoms with E-state index < -0.39 is 5.97 Å². The number of piperidine rings is 2. The zero-order valence-electron chi connectivity index (χ0n) is 18.4. The minimum atomic E-state index is -0.673. The standard InChI is InChI=1S/C24H36N2O3/c1-5-20-15-21(25-13-6-7-18(16-25)23(28)29)12-14-26(20)22(27)17-8-10-19(11-9-17)24(2,3)4/h8-11,18,20-21H,5-7,12-16H2,1-4H3,(H,28,29). The summed E-state index contributed by atoms with van der Waals surface area (Å²) in [4.78, 5) is 29.0. The van der Waals surface area contributed by atoms with Gasteiger partial charge in [0, 0.05) is 30.7 Å². The Bertz CT molecular complexity index is 723. The van der Waals surface area contributed by atoms with E-state index in [4.69, 9.17) is 0 Å². The number of aliphatic carboxylic acids is 1. The minimum absolute atomic E-state index is 0.0775.